The molecule has 9 nitrogen and oxygen atoms in total. The van der Waals surface area contributed by atoms with Crippen LogP contribution in [0.15, 0.2) is 36.4 Å². The number of Topliss-reactive ketones (excluding diaryl/α,β-unsaturated/α-hetero) is 1. The minimum atomic E-state index is -1.09. The van der Waals surface area contributed by atoms with Crippen LogP contribution < -0.4 is 10.1 Å². The summed E-state index contributed by atoms with van der Waals surface area (Å²) in [6.07, 6.45) is -1.96. The van der Waals surface area contributed by atoms with Crippen molar-refractivity contribution >= 4 is 29.4 Å². The van der Waals surface area contributed by atoms with Gasteiger partial charge in [0.05, 0.1) is 24.3 Å². The van der Waals surface area contributed by atoms with Gasteiger partial charge in [0.15, 0.2) is 11.9 Å². The summed E-state index contributed by atoms with van der Waals surface area (Å²) in [6, 6.07) is 7.53. The van der Waals surface area contributed by atoms with Crippen LogP contribution in [-0.2, 0) is 14.2 Å². The summed E-state index contributed by atoms with van der Waals surface area (Å²) in [4.78, 5) is 40.2. The Morgan fingerprint density at radius 3 is 2.53 bits per heavy atom. The first-order chi connectivity index (χ1) is 18.0. The predicted molar refractivity (Wildman–Crippen MR) is 136 cm³/mol. The highest BCUT2D eigenvalue weighted by molar-refractivity contribution is 6.31. The van der Waals surface area contributed by atoms with Crippen molar-refractivity contribution in [3.63, 3.8) is 0 Å². The van der Waals surface area contributed by atoms with E-state index in [1.807, 2.05) is 0 Å². The second-order valence-corrected chi connectivity index (χ2v) is 10.1. The fourth-order valence-electron chi connectivity index (χ4n) is 4.46. The number of carbonyl (C=O) groups excluding carboxylic acids is 3. The van der Waals surface area contributed by atoms with Crippen molar-refractivity contribution in [2.45, 2.75) is 38.5 Å². The molecule has 1 N–H and O–H groups in total. The zero-order valence-corrected chi connectivity index (χ0v) is 22.2. The monoisotopic (exact) mass is 548 g/mol. The van der Waals surface area contributed by atoms with Crippen LogP contribution in [0.2, 0.25) is 5.02 Å². The molecular formula is C27H30ClFN2O7. The maximum Gasteiger partial charge on any atom is 0.508 e. The van der Waals surface area contributed by atoms with Gasteiger partial charge in [-0.15, -0.1) is 0 Å². The summed E-state index contributed by atoms with van der Waals surface area (Å²) in [5.41, 5.74) is -0.142. The average Bonchev–Trinajstić information content (AvgIpc) is 2.87. The lowest BCUT2D eigenvalue weighted by Crippen LogP contribution is -2.55. The van der Waals surface area contributed by atoms with E-state index in [0.717, 1.165) is 19.2 Å². The van der Waals surface area contributed by atoms with E-state index < -0.39 is 35.6 Å². The predicted octanol–water partition coefficient (Wildman–Crippen LogP) is 4.18. The number of carbonyl (C=O) groups is 3. The van der Waals surface area contributed by atoms with Gasteiger partial charge in [-0.05, 0) is 57.2 Å². The third-order valence-corrected chi connectivity index (χ3v) is 6.82. The van der Waals surface area contributed by atoms with Gasteiger partial charge in [-0.25, -0.2) is 9.18 Å². The molecule has 38 heavy (non-hydrogen) atoms. The Bertz CT molecular complexity index is 1220. The maximum atomic E-state index is 13.7. The van der Waals surface area contributed by atoms with Crippen molar-refractivity contribution in [2.24, 2.45) is 0 Å². The van der Waals surface area contributed by atoms with Crippen molar-refractivity contribution in [3.8, 4) is 5.75 Å². The zero-order valence-electron chi connectivity index (χ0n) is 21.4. The van der Waals surface area contributed by atoms with Crippen LogP contribution in [-0.4, -0.2) is 73.9 Å². The molecule has 204 valence electrons. The Morgan fingerprint density at radius 2 is 1.84 bits per heavy atom. The summed E-state index contributed by atoms with van der Waals surface area (Å²) in [5.74, 6) is -1.01. The van der Waals surface area contributed by atoms with E-state index in [1.165, 1.54) is 19.1 Å². The topological polar surface area (TPSA) is 103 Å². The standard InChI is InChI=1S/C27H30ClFN2O7/c1-16(32)17-5-7-22-19(14-17)23(30-25(33)18-4-6-21(29)20(28)15-18)24(27(2,3)38-22)37-26(34)36-13-10-31-8-11-35-12-9-31/h4-7,14-15,23-24H,8-13H2,1-3H3,(H,30,33)/t23-,24+/m1/s1. The highest BCUT2D eigenvalue weighted by Gasteiger charge is 2.48. The van der Waals surface area contributed by atoms with Crippen LogP contribution in [0, 0.1) is 5.82 Å². The van der Waals surface area contributed by atoms with E-state index in [4.69, 9.17) is 30.5 Å². The molecule has 2 aliphatic rings. The number of hydrogen-bond donors (Lipinski definition) is 1. The fourth-order valence-corrected chi connectivity index (χ4v) is 4.64. The number of fused-ring (bicyclic) bond motifs is 1. The van der Waals surface area contributed by atoms with Gasteiger partial charge in [-0.1, -0.05) is 11.6 Å². The van der Waals surface area contributed by atoms with E-state index in [0.29, 0.717) is 36.6 Å². The number of nitrogens with zero attached hydrogens (tertiary/aromatic N) is 1. The molecule has 2 aliphatic heterocycles. The molecule has 1 saturated heterocycles. The molecule has 0 spiro atoms. The first-order valence-electron chi connectivity index (χ1n) is 12.3. The van der Waals surface area contributed by atoms with Crippen molar-refractivity contribution in [2.75, 3.05) is 39.5 Å². The van der Waals surface area contributed by atoms with Crippen molar-refractivity contribution in [1.82, 2.24) is 10.2 Å². The van der Waals surface area contributed by atoms with E-state index in [9.17, 15) is 18.8 Å². The van der Waals surface area contributed by atoms with Gasteiger partial charge < -0.3 is 24.3 Å². The van der Waals surface area contributed by atoms with E-state index in [-0.39, 0.29) is 23.0 Å². The van der Waals surface area contributed by atoms with Crippen LogP contribution in [0.4, 0.5) is 9.18 Å². The molecular weight excluding hydrogens is 519 g/mol. The number of rotatable bonds is 7. The molecule has 11 heteroatoms. The molecule has 2 aromatic carbocycles. The Kier molecular flexibility index (Phi) is 8.54. The molecule has 0 radical (unpaired) electrons. The van der Waals surface area contributed by atoms with E-state index in [2.05, 4.69) is 10.2 Å². The minimum Gasteiger partial charge on any atom is -0.484 e. The zero-order chi connectivity index (χ0) is 27.4. The largest absolute Gasteiger partial charge is 0.508 e. The van der Waals surface area contributed by atoms with Gasteiger partial charge in [0.2, 0.25) is 0 Å². The Morgan fingerprint density at radius 1 is 1.13 bits per heavy atom. The summed E-state index contributed by atoms with van der Waals surface area (Å²) >= 11 is 5.88. The minimum absolute atomic E-state index is 0.108. The third kappa shape index (κ3) is 6.43. The van der Waals surface area contributed by atoms with E-state index >= 15 is 0 Å². The molecule has 0 aliphatic carbocycles. The molecule has 2 heterocycles. The van der Waals surface area contributed by atoms with Crippen LogP contribution in [0.1, 0.15) is 53.1 Å². The number of halogens is 2. The normalized spacial score (nSPS) is 20.6. The average molecular weight is 549 g/mol. The summed E-state index contributed by atoms with van der Waals surface area (Å²) in [5, 5.41) is 2.65. The molecule has 1 amide bonds. The quantitative estimate of drug-likeness (QED) is 0.406. The number of benzene rings is 2. The number of ether oxygens (including phenoxy) is 4. The van der Waals surface area contributed by atoms with Gasteiger partial charge in [-0.3, -0.25) is 14.5 Å². The number of ketones is 1. The van der Waals surface area contributed by atoms with Crippen LogP contribution in [0.5, 0.6) is 5.75 Å². The molecule has 0 bridgehead atoms. The lowest BCUT2D eigenvalue weighted by Gasteiger charge is -2.44. The fraction of sp³-hybridized carbons (Fsp3) is 0.444. The van der Waals surface area contributed by atoms with Crippen molar-refractivity contribution < 1.29 is 37.7 Å². The SMILES string of the molecule is CC(=O)c1ccc2c(c1)[C@@H](NC(=O)c1ccc(F)c(Cl)c1)[C@H](OC(=O)OCCN1CCOCC1)C(C)(C)O2. The lowest BCUT2D eigenvalue weighted by molar-refractivity contribution is -0.0896. The second kappa shape index (κ2) is 11.7. The molecule has 0 unspecified atom stereocenters. The Labute approximate surface area is 225 Å². The van der Waals surface area contributed by atoms with Gasteiger partial charge in [0.1, 0.15) is 23.8 Å². The number of morpholine rings is 1. The third-order valence-electron chi connectivity index (χ3n) is 6.54. The summed E-state index contributed by atoms with van der Waals surface area (Å²) in [7, 11) is 0. The second-order valence-electron chi connectivity index (χ2n) is 9.69. The number of amides is 1. The van der Waals surface area contributed by atoms with E-state index in [1.54, 1.807) is 32.0 Å². The molecule has 0 saturated carbocycles. The molecule has 2 aromatic rings. The van der Waals surface area contributed by atoms with Gasteiger partial charge >= 0.3 is 6.16 Å². The highest BCUT2D eigenvalue weighted by atomic mass is 35.5. The molecule has 1 fully saturated rings. The van der Waals surface area contributed by atoms with Crippen LogP contribution in [0.3, 0.4) is 0 Å². The Balaban J connectivity index is 1.58. The van der Waals surface area contributed by atoms with Gasteiger partial charge in [0.25, 0.3) is 5.91 Å². The Hall–Kier alpha value is -3.21. The molecule has 0 aromatic heterocycles. The number of hydrogen-bond acceptors (Lipinski definition) is 8. The molecule has 4 rings (SSSR count). The van der Waals surface area contributed by atoms with Gasteiger partial charge in [-0.2, -0.15) is 0 Å². The van der Waals surface area contributed by atoms with Crippen molar-refractivity contribution in [1.29, 1.82) is 0 Å². The first-order valence-corrected chi connectivity index (χ1v) is 12.7. The maximum absolute atomic E-state index is 13.7. The van der Waals surface area contributed by atoms with Crippen molar-refractivity contribution in [3.05, 3.63) is 63.9 Å². The lowest BCUT2D eigenvalue weighted by atomic mass is 9.85. The highest BCUT2D eigenvalue weighted by Crippen LogP contribution is 2.42. The summed E-state index contributed by atoms with van der Waals surface area (Å²) in [6.45, 7) is 8.24. The van der Waals surface area contributed by atoms with Crippen LogP contribution >= 0.6 is 11.6 Å². The first kappa shape index (κ1) is 27.8. The smallest absolute Gasteiger partial charge is 0.484 e. The molecule has 2 atom stereocenters. The number of nitrogens with one attached hydrogen (secondary N) is 1. The van der Waals surface area contributed by atoms with Crippen LogP contribution in [0.25, 0.3) is 0 Å². The summed E-state index contributed by atoms with van der Waals surface area (Å²) < 4.78 is 36.2. The van der Waals surface area contributed by atoms with Gasteiger partial charge in [0, 0.05) is 36.3 Å².